The lowest BCUT2D eigenvalue weighted by molar-refractivity contribution is -0.137. The third-order valence-corrected chi connectivity index (χ3v) is 6.07. The zero-order valence-corrected chi connectivity index (χ0v) is 16.2. The van der Waals surface area contributed by atoms with E-state index in [2.05, 4.69) is 31.8 Å². The molecule has 0 aliphatic heterocycles. The number of aliphatic hydroxyl groups is 2. The molecule has 2 aliphatic rings. The first kappa shape index (κ1) is 21.0. The standard InChI is InChI=1S/C22H34O4/c1-3-4-5-8-16(23)11-12-19-20(24)14-13-18-17(15(2)22(18)19)9-6-7-10-21(25)26/h9,15-16,18-20,22-24H,3-8,10,13-14H2,1-2H3,(H,25,26)/t15?,16?,18-,19+,20-,22+/m1/s1. The average Bonchev–Trinajstić information content (AvgIpc) is 2.60. The van der Waals surface area contributed by atoms with Gasteiger partial charge in [0.2, 0.25) is 0 Å². The van der Waals surface area contributed by atoms with Gasteiger partial charge in [0, 0.05) is 6.42 Å². The van der Waals surface area contributed by atoms with Crippen LogP contribution in [0, 0.1) is 35.5 Å². The fourth-order valence-corrected chi connectivity index (χ4v) is 4.62. The van der Waals surface area contributed by atoms with Gasteiger partial charge >= 0.3 is 5.97 Å². The van der Waals surface area contributed by atoms with Gasteiger partial charge in [0.1, 0.15) is 6.10 Å². The van der Waals surface area contributed by atoms with E-state index in [-0.39, 0.29) is 12.3 Å². The minimum atomic E-state index is -0.739. The Kier molecular flexibility index (Phi) is 8.18. The fourth-order valence-electron chi connectivity index (χ4n) is 4.62. The highest BCUT2D eigenvalue weighted by Gasteiger charge is 2.50. The lowest BCUT2D eigenvalue weighted by Gasteiger charge is -2.53. The number of carboxylic acid groups (broad SMARTS) is 1. The Balaban J connectivity index is 1.94. The number of allylic oxidation sites excluding steroid dienone is 2. The van der Waals surface area contributed by atoms with Crippen LogP contribution in [0.25, 0.3) is 0 Å². The lowest BCUT2D eigenvalue weighted by Crippen LogP contribution is -2.50. The van der Waals surface area contributed by atoms with Crippen molar-refractivity contribution in [2.24, 2.45) is 23.7 Å². The largest absolute Gasteiger partial charge is 0.481 e. The second-order valence-electron chi connectivity index (χ2n) is 7.93. The quantitative estimate of drug-likeness (QED) is 0.349. The number of hydrogen-bond acceptors (Lipinski definition) is 3. The summed E-state index contributed by atoms with van der Waals surface area (Å²) in [7, 11) is 0. The van der Waals surface area contributed by atoms with Gasteiger partial charge in [-0.1, -0.05) is 50.2 Å². The molecule has 26 heavy (non-hydrogen) atoms. The smallest absolute Gasteiger partial charge is 0.303 e. The molecule has 2 rings (SSSR count). The van der Waals surface area contributed by atoms with Crippen LogP contribution in [0.4, 0.5) is 0 Å². The predicted octanol–water partition coefficient (Wildman–Crippen LogP) is 3.77. The van der Waals surface area contributed by atoms with Crippen molar-refractivity contribution in [3.63, 3.8) is 0 Å². The van der Waals surface area contributed by atoms with E-state index in [1.807, 2.05) is 0 Å². The summed E-state index contributed by atoms with van der Waals surface area (Å²) in [6.45, 7) is 4.33. The SMILES string of the molecule is CCCCCC(O)C#C[C@@H]1[C@H]2C(C)C(=CCCCC(=O)O)[C@H]2CC[C@H]1O. The van der Waals surface area contributed by atoms with Crippen LogP contribution >= 0.6 is 0 Å². The molecule has 0 aromatic rings. The summed E-state index contributed by atoms with van der Waals surface area (Å²) in [5.74, 6) is 6.61. The molecule has 2 fully saturated rings. The second-order valence-corrected chi connectivity index (χ2v) is 7.93. The van der Waals surface area contributed by atoms with E-state index >= 15 is 0 Å². The average molecular weight is 363 g/mol. The van der Waals surface area contributed by atoms with Crippen molar-refractivity contribution in [1.29, 1.82) is 0 Å². The molecule has 4 heteroatoms. The molecule has 6 atom stereocenters. The highest BCUT2D eigenvalue weighted by molar-refractivity contribution is 5.66. The number of rotatable bonds is 8. The van der Waals surface area contributed by atoms with Gasteiger partial charge in [-0.05, 0) is 56.3 Å². The third kappa shape index (κ3) is 5.34. The Bertz CT molecular complexity index is 556. The van der Waals surface area contributed by atoms with Crippen LogP contribution in [0.1, 0.15) is 71.6 Å². The number of carboxylic acids is 1. The molecule has 0 spiro atoms. The third-order valence-electron chi connectivity index (χ3n) is 6.07. The van der Waals surface area contributed by atoms with E-state index in [0.29, 0.717) is 30.6 Å². The van der Waals surface area contributed by atoms with E-state index in [0.717, 1.165) is 38.5 Å². The summed E-state index contributed by atoms with van der Waals surface area (Å²) < 4.78 is 0. The fraction of sp³-hybridized carbons (Fsp3) is 0.773. The number of aliphatic hydroxyl groups excluding tert-OH is 2. The predicted molar refractivity (Wildman–Crippen MR) is 102 cm³/mol. The first-order valence-electron chi connectivity index (χ1n) is 10.2. The minimum Gasteiger partial charge on any atom is -0.481 e. The van der Waals surface area contributed by atoms with Gasteiger partial charge in [-0.15, -0.1) is 0 Å². The van der Waals surface area contributed by atoms with Crippen LogP contribution < -0.4 is 0 Å². The molecule has 4 nitrogen and oxygen atoms in total. The number of aliphatic carboxylic acids is 1. The first-order valence-corrected chi connectivity index (χ1v) is 10.2. The van der Waals surface area contributed by atoms with Crippen molar-refractivity contribution < 1.29 is 20.1 Å². The Morgan fingerprint density at radius 2 is 2.08 bits per heavy atom. The van der Waals surface area contributed by atoms with Gasteiger partial charge in [0.05, 0.1) is 12.0 Å². The van der Waals surface area contributed by atoms with E-state index in [1.165, 1.54) is 5.57 Å². The second kappa shape index (κ2) is 10.1. The van der Waals surface area contributed by atoms with Gasteiger partial charge in [-0.25, -0.2) is 0 Å². The van der Waals surface area contributed by atoms with Crippen LogP contribution in [0.5, 0.6) is 0 Å². The van der Waals surface area contributed by atoms with Crippen LogP contribution in [-0.2, 0) is 4.79 Å². The number of fused-ring (bicyclic) bond motifs is 1. The summed E-state index contributed by atoms with van der Waals surface area (Å²) in [5, 5.41) is 29.2. The van der Waals surface area contributed by atoms with Crippen molar-refractivity contribution in [3.05, 3.63) is 11.6 Å². The molecule has 2 saturated carbocycles. The van der Waals surface area contributed by atoms with Crippen molar-refractivity contribution in [2.45, 2.75) is 83.8 Å². The van der Waals surface area contributed by atoms with Crippen LogP contribution in [0.15, 0.2) is 11.6 Å². The Morgan fingerprint density at radius 3 is 2.77 bits per heavy atom. The van der Waals surface area contributed by atoms with Crippen molar-refractivity contribution >= 4 is 5.97 Å². The maximum Gasteiger partial charge on any atom is 0.303 e. The molecule has 2 unspecified atom stereocenters. The van der Waals surface area contributed by atoms with Crippen LogP contribution in [-0.4, -0.2) is 33.5 Å². The number of carbonyl (C=O) groups is 1. The van der Waals surface area contributed by atoms with Gasteiger partial charge in [-0.3, -0.25) is 4.79 Å². The zero-order chi connectivity index (χ0) is 19.1. The van der Waals surface area contributed by atoms with Crippen molar-refractivity contribution in [3.8, 4) is 11.8 Å². The van der Waals surface area contributed by atoms with Gasteiger partial charge in [-0.2, -0.15) is 0 Å². The summed E-state index contributed by atoms with van der Waals surface area (Å²) in [5.41, 5.74) is 1.42. The topological polar surface area (TPSA) is 77.8 Å². The van der Waals surface area contributed by atoms with E-state index in [4.69, 9.17) is 5.11 Å². The van der Waals surface area contributed by atoms with Crippen molar-refractivity contribution in [1.82, 2.24) is 0 Å². The molecule has 0 saturated heterocycles. The molecule has 0 bridgehead atoms. The normalized spacial score (nSPS) is 32.9. The Hall–Kier alpha value is -1.31. The molecule has 0 aromatic heterocycles. The molecule has 0 aromatic carbocycles. The number of unbranched alkanes of at least 4 members (excludes halogenated alkanes) is 3. The van der Waals surface area contributed by atoms with E-state index in [9.17, 15) is 15.0 Å². The molecular weight excluding hydrogens is 328 g/mol. The molecule has 146 valence electrons. The molecule has 0 amide bonds. The zero-order valence-electron chi connectivity index (χ0n) is 16.2. The van der Waals surface area contributed by atoms with Gasteiger partial charge < -0.3 is 15.3 Å². The van der Waals surface area contributed by atoms with E-state index in [1.54, 1.807) is 0 Å². The van der Waals surface area contributed by atoms with Crippen LogP contribution in [0.2, 0.25) is 0 Å². The lowest BCUT2D eigenvalue weighted by atomic mass is 9.51. The maximum atomic E-state index is 10.6. The monoisotopic (exact) mass is 362 g/mol. The Labute approximate surface area is 157 Å². The van der Waals surface area contributed by atoms with Gasteiger partial charge in [0.25, 0.3) is 0 Å². The van der Waals surface area contributed by atoms with Crippen molar-refractivity contribution in [2.75, 3.05) is 0 Å². The number of hydrogen-bond donors (Lipinski definition) is 3. The summed E-state index contributed by atoms with van der Waals surface area (Å²) in [6, 6.07) is 0. The summed E-state index contributed by atoms with van der Waals surface area (Å²) in [4.78, 5) is 10.6. The first-order chi connectivity index (χ1) is 12.5. The Morgan fingerprint density at radius 1 is 1.31 bits per heavy atom. The molecular formula is C22H34O4. The molecule has 3 N–H and O–H groups in total. The van der Waals surface area contributed by atoms with Crippen LogP contribution in [0.3, 0.4) is 0 Å². The highest BCUT2D eigenvalue weighted by Crippen LogP contribution is 2.55. The maximum absolute atomic E-state index is 10.6. The summed E-state index contributed by atoms with van der Waals surface area (Å²) >= 11 is 0. The van der Waals surface area contributed by atoms with Gasteiger partial charge in [0.15, 0.2) is 0 Å². The molecule has 0 heterocycles. The minimum absolute atomic E-state index is 0.0549. The molecule has 0 radical (unpaired) electrons. The highest BCUT2D eigenvalue weighted by atomic mass is 16.4. The summed E-state index contributed by atoms with van der Waals surface area (Å²) in [6.07, 6.45) is 8.62. The van der Waals surface area contributed by atoms with E-state index < -0.39 is 18.2 Å². The molecule has 2 aliphatic carbocycles.